The van der Waals surface area contributed by atoms with E-state index >= 15 is 0 Å². The van der Waals surface area contributed by atoms with E-state index in [0.717, 1.165) is 16.9 Å². The van der Waals surface area contributed by atoms with Gasteiger partial charge in [-0.05, 0) is 38.2 Å². The number of carbonyl (C=O) groups is 2. The Morgan fingerprint density at radius 2 is 2.20 bits per heavy atom. The molecule has 25 heavy (non-hydrogen) atoms. The number of thiazole rings is 1. The Morgan fingerprint density at radius 3 is 2.92 bits per heavy atom. The fourth-order valence-electron chi connectivity index (χ4n) is 2.64. The highest BCUT2D eigenvalue weighted by molar-refractivity contribution is 7.73. The zero-order chi connectivity index (χ0) is 18.1. The normalized spacial score (nSPS) is 12.9. The van der Waals surface area contributed by atoms with Gasteiger partial charge in [-0.25, -0.2) is 4.99 Å². The molecule has 2 aromatic rings. The lowest BCUT2D eigenvalue weighted by molar-refractivity contribution is -0.143. The van der Waals surface area contributed by atoms with Gasteiger partial charge in [-0.15, -0.1) is 11.3 Å². The quantitative estimate of drug-likeness (QED) is 0.633. The van der Waals surface area contributed by atoms with Crippen LogP contribution in [0.2, 0.25) is 0 Å². The second-order valence-corrected chi connectivity index (χ2v) is 7.18. The van der Waals surface area contributed by atoms with Gasteiger partial charge in [-0.3, -0.25) is 14.2 Å². The minimum Gasteiger partial charge on any atom is -0.493 e. The van der Waals surface area contributed by atoms with Crippen molar-refractivity contribution in [3.63, 3.8) is 0 Å². The Labute approximate surface area is 152 Å². The number of amides is 1. The standard InChI is InChI=1S/C17H16N2O4S2/c1-3-23-12(20)6-7-19-16(22)14(25-17(19)24)13-10-8-9(2)4-5-11(10)18-15(13)21/h4-5,8,22H,3,6-7H2,1-2H3. The largest absolute Gasteiger partial charge is 0.493 e. The molecule has 8 heteroatoms. The Balaban J connectivity index is 2.05. The van der Waals surface area contributed by atoms with E-state index in [2.05, 4.69) is 4.99 Å². The molecule has 0 aliphatic carbocycles. The van der Waals surface area contributed by atoms with Crippen molar-refractivity contribution in [1.82, 2.24) is 4.57 Å². The minimum absolute atomic E-state index is 0.0925. The van der Waals surface area contributed by atoms with Gasteiger partial charge in [0, 0.05) is 11.8 Å². The molecule has 3 rings (SSSR count). The van der Waals surface area contributed by atoms with Crippen LogP contribution in [-0.4, -0.2) is 28.2 Å². The predicted molar refractivity (Wildman–Crippen MR) is 95.5 cm³/mol. The minimum atomic E-state index is -0.398. The highest BCUT2D eigenvalue weighted by Crippen LogP contribution is 2.32. The summed E-state index contributed by atoms with van der Waals surface area (Å²) in [6, 6.07) is 5.53. The van der Waals surface area contributed by atoms with E-state index in [9.17, 15) is 14.7 Å². The van der Waals surface area contributed by atoms with Crippen molar-refractivity contribution < 1.29 is 19.4 Å². The molecule has 1 aromatic heterocycles. The van der Waals surface area contributed by atoms with Crippen LogP contribution in [0.4, 0.5) is 0 Å². The molecular weight excluding hydrogens is 360 g/mol. The molecule has 1 amide bonds. The van der Waals surface area contributed by atoms with Crippen molar-refractivity contribution in [3.05, 3.63) is 43.2 Å². The van der Waals surface area contributed by atoms with Gasteiger partial charge in [0.15, 0.2) is 3.95 Å². The van der Waals surface area contributed by atoms with Gasteiger partial charge < -0.3 is 9.84 Å². The van der Waals surface area contributed by atoms with Gasteiger partial charge >= 0.3 is 5.97 Å². The average Bonchev–Trinajstić information content (AvgIpc) is 3.01. The van der Waals surface area contributed by atoms with Gasteiger partial charge in [0.25, 0.3) is 5.91 Å². The Hall–Kier alpha value is -2.32. The zero-order valence-electron chi connectivity index (χ0n) is 13.7. The molecule has 0 fully saturated rings. The van der Waals surface area contributed by atoms with Crippen molar-refractivity contribution in [2.75, 3.05) is 6.61 Å². The van der Waals surface area contributed by atoms with Gasteiger partial charge in [0.05, 0.1) is 24.0 Å². The third-order valence-corrected chi connectivity index (χ3v) is 5.25. The van der Waals surface area contributed by atoms with E-state index < -0.39 is 5.91 Å². The summed E-state index contributed by atoms with van der Waals surface area (Å²) in [6.45, 7) is 4.15. The molecule has 130 valence electrons. The summed E-state index contributed by atoms with van der Waals surface area (Å²) < 4.78 is 6.72. The molecule has 1 aliphatic heterocycles. The molecule has 0 unspecified atom stereocenters. The molecule has 0 saturated heterocycles. The second-order valence-electron chi connectivity index (χ2n) is 5.54. The third-order valence-electron chi connectivity index (χ3n) is 3.80. The fraction of sp³-hybridized carbons (Fsp3) is 0.294. The number of aromatic nitrogens is 1. The molecule has 0 radical (unpaired) electrons. The molecular formula is C17H16N2O4S2. The smallest absolute Gasteiger partial charge is 0.307 e. The summed E-state index contributed by atoms with van der Waals surface area (Å²) >= 11 is 6.42. The molecule has 1 aromatic carbocycles. The van der Waals surface area contributed by atoms with Crippen LogP contribution in [0.25, 0.3) is 5.57 Å². The molecule has 0 spiro atoms. The van der Waals surface area contributed by atoms with Gasteiger partial charge in [-0.1, -0.05) is 11.6 Å². The number of esters is 1. The number of hydrogen-bond acceptors (Lipinski definition) is 6. The first kappa shape index (κ1) is 17.5. The molecule has 0 atom stereocenters. The maximum atomic E-state index is 12.3. The lowest BCUT2D eigenvalue weighted by Crippen LogP contribution is -2.23. The first-order chi connectivity index (χ1) is 11.9. The highest BCUT2D eigenvalue weighted by atomic mass is 32.1. The zero-order valence-corrected chi connectivity index (χ0v) is 15.4. The van der Waals surface area contributed by atoms with Crippen LogP contribution < -0.4 is 10.6 Å². The number of hydrogen-bond donors (Lipinski definition) is 1. The molecule has 1 N–H and O–H groups in total. The first-order valence-corrected chi connectivity index (χ1v) is 8.97. The van der Waals surface area contributed by atoms with Crippen molar-refractivity contribution in [2.45, 2.75) is 26.8 Å². The highest BCUT2D eigenvalue weighted by Gasteiger charge is 2.25. The number of rotatable bonds is 5. The summed E-state index contributed by atoms with van der Waals surface area (Å²) in [4.78, 5) is 28.3. The lowest BCUT2D eigenvalue weighted by atomic mass is 10.1. The molecule has 2 heterocycles. The van der Waals surface area contributed by atoms with Gasteiger partial charge in [0.2, 0.25) is 5.88 Å². The number of benzene rings is 1. The van der Waals surface area contributed by atoms with E-state index in [0.29, 0.717) is 31.6 Å². The van der Waals surface area contributed by atoms with Crippen LogP contribution in [-0.2, 0) is 20.9 Å². The van der Waals surface area contributed by atoms with Crippen molar-refractivity contribution in [3.8, 4) is 5.88 Å². The monoisotopic (exact) mass is 376 g/mol. The summed E-state index contributed by atoms with van der Waals surface area (Å²) in [7, 11) is 0. The van der Waals surface area contributed by atoms with Crippen LogP contribution in [0.3, 0.4) is 0 Å². The number of carbonyl (C=O) groups excluding carboxylic acids is 2. The van der Waals surface area contributed by atoms with Gasteiger partial charge in [0.1, 0.15) is 4.88 Å². The molecule has 1 aliphatic rings. The van der Waals surface area contributed by atoms with E-state index in [1.807, 2.05) is 19.1 Å². The van der Waals surface area contributed by atoms with Crippen LogP contribution in [0.15, 0.2) is 23.2 Å². The predicted octanol–water partition coefficient (Wildman–Crippen LogP) is 1.61. The lowest BCUT2D eigenvalue weighted by Gasteiger charge is -2.05. The van der Waals surface area contributed by atoms with E-state index in [4.69, 9.17) is 17.0 Å². The molecule has 6 nitrogen and oxygen atoms in total. The van der Waals surface area contributed by atoms with E-state index in [1.54, 1.807) is 13.0 Å². The number of aryl methyl sites for hydroxylation is 1. The number of ether oxygens (including phenoxy) is 1. The Morgan fingerprint density at radius 1 is 1.44 bits per heavy atom. The van der Waals surface area contributed by atoms with Crippen molar-refractivity contribution in [1.29, 1.82) is 0 Å². The molecule has 0 bridgehead atoms. The van der Waals surface area contributed by atoms with E-state index in [1.165, 1.54) is 4.57 Å². The first-order valence-electron chi connectivity index (χ1n) is 7.75. The summed E-state index contributed by atoms with van der Waals surface area (Å²) in [5.74, 6) is -0.881. The number of fused-ring (bicyclic) bond motifs is 1. The summed E-state index contributed by atoms with van der Waals surface area (Å²) in [5.41, 5.74) is 1.34. The number of nitrogens with zero attached hydrogens (tertiary/aromatic N) is 2. The topological polar surface area (TPSA) is 80.9 Å². The summed E-state index contributed by atoms with van der Waals surface area (Å²) in [5, 5.41) is 11.8. The van der Waals surface area contributed by atoms with Crippen molar-refractivity contribution >= 4 is 41.0 Å². The SMILES string of the molecule is CCOC(=O)CCn1c(O)c(C2=c3cc(C)ccc3=NC2=O)sc1=S. The third kappa shape index (κ3) is 3.27. The van der Waals surface area contributed by atoms with E-state index in [-0.39, 0.29) is 24.8 Å². The van der Waals surface area contributed by atoms with Crippen molar-refractivity contribution in [2.24, 2.45) is 4.99 Å². The maximum absolute atomic E-state index is 12.3. The van der Waals surface area contributed by atoms with Crippen LogP contribution in [0, 0.1) is 10.9 Å². The van der Waals surface area contributed by atoms with Crippen LogP contribution in [0.5, 0.6) is 5.88 Å². The van der Waals surface area contributed by atoms with Gasteiger partial charge in [-0.2, -0.15) is 0 Å². The Kier molecular flexibility index (Phi) is 4.82. The maximum Gasteiger partial charge on any atom is 0.307 e. The van der Waals surface area contributed by atoms with Crippen LogP contribution >= 0.6 is 23.6 Å². The average molecular weight is 376 g/mol. The van der Waals surface area contributed by atoms with Crippen LogP contribution in [0.1, 0.15) is 23.8 Å². The second kappa shape index (κ2) is 6.89. The summed E-state index contributed by atoms with van der Waals surface area (Å²) in [6.07, 6.45) is 0.0925. The fourth-order valence-corrected chi connectivity index (χ4v) is 4.03. The Bertz CT molecular complexity index is 1050. The molecule has 0 saturated carbocycles. The number of aromatic hydroxyl groups is 1.